The van der Waals surface area contributed by atoms with Crippen molar-refractivity contribution in [2.24, 2.45) is 5.92 Å². The van der Waals surface area contributed by atoms with Crippen LogP contribution < -0.4 is 16.0 Å². The van der Waals surface area contributed by atoms with Crippen molar-refractivity contribution >= 4 is 17.6 Å². The molecule has 1 aromatic carbocycles. The Kier molecular flexibility index (Phi) is 6.56. The van der Waals surface area contributed by atoms with Gasteiger partial charge in [-0.2, -0.15) is 0 Å². The molecular weight excluding hydrogens is 254 g/mol. The molecule has 5 heteroatoms. The van der Waals surface area contributed by atoms with Gasteiger partial charge in [0.15, 0.2) is 0 Å². The summed E-state index contributed by atoms with van der Waals surface area (Å²) in [6.45, 7) is 6.69. The molecule has 110 valence electrons. The summed E-state index contributed by atoms with van der Waals surface area (Å²) in [5.74, 6) is -0.00289. The maximum Gasteiger partial charge on any atom is 0.321 e. The first-order chi connectivity index (χ1) is 9.51. The third kappa shape index (κ3) is 6.22. The first-order valence-electron chi connectivity index (χ1n) is 6.91. The lowest BCUT2D eigenvalue weighted by molar-refractivity contribution is -0.118. The van der Waals surface area contributed by atoms with Gasteiger partial charge in [0.25, 0.3) is 0 Å². The molecule has 3 N–H and O–H groups in total. The van der Waals surface area contributed by atoms with Gasteiger partial charge in [0.05, 0.1) is 6.54 Å². The van der Waals surface area contributed by atoms with E-state index in [1.807, 2.05) is 38.1 Å². The van der Waals surface area contributed by atoms with Crippen molar-refractivity contribution in [3.8, 4) is 0 Å². The summed E-state index contributed by atoms with van der Waals surface area (Å²) in [7, 11) is 0. The summed E-state index contributed by atoms with van der Waals surface area (Å²) in [5.41, 5.74) is 2.10. The molecule has 0 aliphatic rings. The predicted octanol–water partition coefficient (Wildman–Crippen LogP) is 2.14. The number of urea groups is 1. The molecule has 3 amide bonds. The summed E-state index contributed by atoms with van der Waals surface area (Å²) in [4.78, 5) is 22.9. The quantitative estimate of drug-likeness (QED) is 0.746. The van der Waals surface area contributed by atoms with Crippen LogP contribution in [0, 0.1) is 5.92 Å². The van der Waals surface area contributed by atoms with Crippen LogP contribution in [0.4, 0.5) is 10.5 Å². The third-order valence-corrected chi connectivity index (χ3v) is 2.74. The van der Waals surface area contributed by atoms with E-state index >= 15 is 0 Å². The van der Waals surface area contributed by atoms with Gasteiger partial charge in [-0.05, 0) is 30.0 Å². The van der Waals surface area contributed by atoms with E-state index in [-0.39, 0.29) is 12.5 Å². The number of hydrogen-bond acceptors (Lipinski definition) is 3. The maximum absolute atomic E-state index is 11.6. The van der Waals surface area contributed by atoms with E-state index in [1.165, 1.54) is 5.56 Å². The molecule has 0 atom stereocenters. The standard InChI is InChI=1S/C15H23N3O2/c1-4-12-5-7-13(8-6-12)16-10-14(19)18-15(20)17-9-11(2)3/h5-8,11,16H,4,9-10H2,1-3H3,(H2,17,18,19,20). The Morgan fingerprint density at radius 3 is 2.35 bits per heavy atom. The molecule has 20 heavy (non-hydrogen) atoms. The number of amides is 3. The average Bonchev–Trinajstić information content (AvgIpc) is 2.43. The van der Waals surface area contributed by atoms with Crippen LogP contribution in [-0.4, -0.2) is 25.0 Å². The Bertz CT molecular complexity index is 441. The van der Waals surface area contributed by atoms with E-state index in [1.54, 1.807) is 0 Å². The summed E-state index contributed by atoms with van der Waals surface area (Å²) in [5, 5.41) is 7.88. The molecule has 0 heterocycles. The monoisotopic (exact) mass is 277 g/mol. The second kappa shape index (κ2) is 8.19. The fourth-order valence-corrected chi connectivity index (χ4v) is 1.55. The highest BCUT2D eigenvalue weighted by Gasteiger charge is 2.07. The number of aryl methyl sites for hydroxylation is 1. The molecule has 0 bridgehead atoms. The number of carbonyl (C=O) groups excluding carboxylic acids is 2. The van der Waals surface area contributed by atoms with E-state index in [0.717, 1.165) is 12.1 Å². The highest BCUT2D eigenvalue weighted by atomic mass is 16.2. The largest absolute Gasteiger partial charge is 0.376 e. The number of rotatable bonds is 6. The minimum atomic E-state index is -0.452. The van der Waals surface area contributed by atoms with Gasteiger partial charge in [-0.1, -0.05) is 32.9 Å². The van der Waals surface area contributed by atoms with E-state index < -0.39 is 6.03 Å². The van der Waals surface area contributed by atoms with Gasteiger partial charge in [0.2, 0.25) is 5.91 Å². The number of anilines is 1. The minimum Gasteiger partial charge on any atom is -0.376 e. The van der Waals surface area contributed by atoms with Gasteiger partial charge in [-0.25, -0.2) is 4.79 Å². The fraction of sp³-hybridized carbons (Fsp3) is 0.467. The Labute approximate surface area is 120 Å². The lowest BCUT2D eigenvalue weighted by atomic mass is 10.1. The van der Waals surface area contributed by atoms with Crippen molar-refractivity contribution in [3.63, 3.8) is 0 Å². The van der Waals surface area contributed by atoms with Crippen LogP contribution in [0.15, 0.2) is 24.3 Å². The molecule has 1 rings (SSSR count). The second-order valence-corrected chi connectivity index (χ2v) is 5.06. The van der Waals surface area contributed by atoms with Crippen LogP contribution in [-0.2, 0) is 11.2 Å². The van der Waals surface area contributed by atoms with E-state index in [2.05, 4.69) is 22.9 Å². The zero-order valence-electron chi connectivity index (χ0n) is 12.3. The molecule has 5 nitrogen and oxygen atoms in total. The van der Waals surface area contributed by atoms with Crippen LogP contribution >= 0.6 is 0 Å². The first-order valence-corrected chi connectivity index (χ1v) is 6.91. The van der Waals surface area contributed by atoms with Crippen LogP contribution in [0.5, 0.6) is 0 Å². The van der Waals surface area contributed by atoms with Crippen molar-refractivity contribution in [2.45, 2.75) is 27.2 Å². The zero-order valence-corrected chi connectivity index (χ0v) is 12.3. The van der Waals surface area contributed by atoms with Crippen molar-refractivity contribution in [1.82, 2.24) is 10.6 Å². The summed E-state index contributed by atoms with van der Waals surface area (Å²) in [6, 6.07) is 7.41. The van der Waals surface area contributed by atoms with Crippen molar-refractivity contribution < 1.29 is 9.59 Å². The van der Waals surface area contributed by atoms with Crippen molar-refractivity contribution in [3.05, 3.63) is 29.8 Å². The number of carbonyl (C=O) groups is 2. The van der Waals surface area contributed by atoms with Gasteiger partial charge in [-0.3, -0.25) is 10.1 Å². The molecule has 0 spiro atoms. The average molecular weight is 277 g/mol. The van der Waals surface area contributed by atoms with Crippen LogP contribution in [0.3, 0.4) is 0 Å². The van der Waals surface area contributed by atoms with Crippen molar-refractivity contribution in [1.29, 1.82) is 0 Å². The minimum absolute atomic E-state index is 0.0700. The molecule has 0 fully saturated rings. The normalized spacial score (nSPS) is 10.2. The first kappa shape index (κ1) is 16.0. The van der Waals surface area contributed by atoms with Crippen molar-refractivity contribution in [2.75, 3.05) is 18.4 Å². The lowest BCUT2D eigenvalue weighted by Gasteiger charge is -2.10. The summed E-state index contributed by atoms with van der Waals surface area (Å²) >= 11 is 0. The second-order valence-electron chi connectivity index (χ2n) is 5.06. The van der Waals surface area contributed by atoms with Gasteiger partial charge in [0, 0.05) is 12.2 Å². The molecule has 0 aliphatic carbocycles. The molecule has 0 aliphatic heterocycles. The SMILES string of the molecule is CCc1ccc(NCC(=O)NC(=O)NCC(C)C)cc1. The Morgan fingerprint density at radius 2 is 1.80 bits per heavy atom. The maximum atomic E-state index is 11.6. The molecule has 0 saturated carbocycles. The Hall–Kier alpha value is -2.04. The highest BCUT2D eigenvalue weighted by Crippen LogP contribution is 2.09. The van der Waals surface area contributed by atoms with Gasteiger partial charge in [0.1, 0.15) is 0 Å². The molecule has 0 radical (unpaired) electrons. The van der Waals surface area contributed by atoms with E-state index in [0.29, 0.717) is 12.5 Å². The van der Waals surface area contributed by atoms with Crippen LogP contribution in [0.25, 0.3) is 0 Å². The number of nitrogens with one attached hydrogen (secondary N) is 3. The van der Waals surface area contributed by atoms with Gasteiger partial charge < -0.3 is 10.6 Å². The predicted molar refractivity (Wildman–Crippen MR) is 80.7 cm³/mol. The molecule has 1 aromatic rings. The Balaban J connectivity index is 2.30. The lowest BCUT2D eigenvalue weighted by Crippen LogP contribution is -2.43. The third-order valence-electron chi connectivity index (χ3n) is 2.74. The van der Waals surface area contributed by atoms with E-state index in [4.69, 9.17) is 0 Å². The summed E-state index contributed by atoms with van der Waals surface area (Å²) in [6.07, 6.45) is 0.983. The fourth-order valence-electron chi connectivity index (χ4n) is 1.55. The smallest absolute Gasteiger partial charge is 0.321 e. The topological polar surface area (TPSA) is 70.2 Å². The highest BCUT2D eigenvalue weighted by molar-refractivity contribution is 5.96. The number of benzene rings is 1. The van der Waals surface area contributed by atoms with Crippen LogP contribution in [0.2, 0.25) is 0 Å². The number of imide groups is 1. The number of hydrogen-bond donors (Lipinski definition) is 3. The summed E-state index contributed by atoms with van der Waals surface area (Å²) < 4.78 is 0. The molecule has 0 aromatic heterocycles. The van der Waals surface area contributed by atoms with Crippen LogP contribution in [0.1, 0.15) is 26.3 Å². The van der Waals surface area contributed by atoms with Gasteiger partial charge in [-0.15, -0.1) is 0 Å². The van der Waals surface area contributed by atoms with E-state index in [9.17, 15) is 9.59 Å². The van der Waals surface area contributed by atoms with Gasteiger partial charge >= 0.3 is 6.03 Å². The molecule has 0 saturated heterocycles. The Morgan fingerprint density at radius 1 is 1.15 bits per heavy atom. The zero-order chi connectivity index (χ0) is 15.0. The molecular formula is C15H23N3O2. The molecule has 0 unspecified atom stereocenters.